The zero-order chi connectivity index (χ0) is 16.7. The van der Waals surface area contributed by atoms with Gasteiger partial charge in [0, 0.05) is 19.6 Å². The standard InChI is InChI=1S/C16H24FN3O2S/c1-18-16(20-13-7-3-2-4-8-13)19-11-12-23(21,22)15-10-6-5-9-14(15)17/h5-6,9-10,13H,2-4,7-8,11-12H2,1H3,(H2,18,19,20). The van der Waals surface area contributed by atoms with Gasteiger partial charge in [0.15, 0.2) is 15.8 Å². The van der Waals surface area contributed by atoms with E-state index in [1.54, 1.807) is 7.05 Å². The summed E-state index contributed by atoms with van der Waals surface area (Å²) in [6.07, 6.45) is 5.89. The Morgan fingerprint density at radius 2 is 1.96 bits per heavy atom. The fraction of sp³-hybridized carbons (Fsp3) is 0.562. The summed E-state index contributed by atoms with van der Waals surface area (Å²) in [6.45, 7) is 0.184. The first-order chi connectivity index (χ1) is 11.0. The van der Waals surface area contributed by atoms with Crippen LogP contribution in [0.25, 0.3) is 0 Å². The molecule has 2 rings (SSSR count). The van der Waals surface area contributed by atoms with Gasteiger partial charge in [0.05, 0.1) is 5.75 Å². The van der Waals surface area contributed by atoms with Crippen LogP contribution < -0.4 is 10.6 Å². The molecule has 0 saturated heterocycles. The van der Waals surface area contributed by atoms with Crippen LogP contribution in [0, 0.1) is 5.82 Å². The summed E-state index contributed by atoms with van der Waals surface area (Å²) in [5.41, 5.74) is 0. The molecule has 1 fully saturated rings. The Bertz CT molecular complexity index is 640. The monoisotopic (exact) mass is 341 g/mol. The number of nitrogens with one attached hydrogen (secondary N) is 2. The predicted molar refractivity (Wildman–Crippen MR) is 89.8 cm³/mol. The molecule has 2 N–H and O–H groups in total. The van der Waals surface area contributed by atoms with Crippen molar-refractivity contribution < 1.29 is 12.8 Å². The lowest BCUT2D eigenvalue weighted by Gasteiger charge is -2.24. The van der Waals surface area contributed by atoms with Crippen LogP contribution >= 0.6 is 0 Å². The number of nitrogens with zero attached hydrogens (tertiary/aromatic N) is 1. The van der Waals surface area contributed by atoms with E-state index in [0.717, 1.165) is 18.9 Å². The lowest BCUT2D eigenvalue weighted by molar-refractivity contribution is 0.410. The van der Waals surface area contributed by atoms with Crippen LogP contribution in [0.2, 0.25) is 0 Å². The molecule has 0 atom stereocenters. The molecule has 0 heterocycles. The van der Waals surface area contributed by atoms with Crippen LogP contribution in [0.1, 0.15) is 32.1 Å². The fourth-order valence-corrected chi connectivity index (χ4v) is 3.99. The number of hydrogen-bond donors (Lipinski definition) is 2. The molecule has 1 aromatic rings. The van der Waals surface area contributed by atoms with Gasteiger partial charge in [-0.15, -0.1) is 0 Å². The highest BCUT2D eigenvalue weighted by Crippen LogP contribution is 2.17. The van der Waals surface area contributed by atoms with E-state index in [2.05, 4.69) is 15.6 Å². The number of benzene rings is 1. The van der Waals surface area contributed by atoms with E-state index < -0.39 is 15.7 Å². The van der Waals surface area contributed by atoms with Crippen LogP contribution in [0.5, 0.6) is 0 Å². The van der Waals surface area contributed by atoms with Crippen molar-refractivity contribution in [2.75, 3.05) is 19.3 Å². The van der Waals surface area contributed by atoms with E-state index in [1.807, 2.05) is 0 Å². The molecule has 7 heteroatoms. The molecule has 0 aliphatic heterocycles. The maximum absolute atomic E-state index is 13.6. The first-order valence-corrected chi connectivity index (χ1v) is 9.62. The van der Waals surface area contributed by atoms with Gasteiger partial charge in [-0.2, -0.15) is 0 Å². The van der Waals surface area contributed by atoms with Gasteiger partial charge < -0.3 is 10.6 Å². The van der Waals surface area contributed by atoms with Crippen molar-refractivity contribution >= 4 is 15.8 Å². The van der Waals surface area contributed by atoms with Gasteiger partial charge in [-0.25, -0.2) is 12.8 Å². The third kappa shape index (κ3) is 5.20. The van der Waals surface area contributed by atoms with Crippen molar-refractivity contribution in [3.05, 3.63) is 30.1 Å². The summed E-state index contributed by atoms with van der Waals surface area (Å²) in [7, 11) is -1.99. The van der Waals surface area contributed by atoms with E-state index >= 15 is 0 Å². The number of rotatable bonds is 5. The number of guanidine groups is 1. The van der Waals surface area contributed by atoms with Gasteiger partial charge in [-0.3, -0.25) is 4.99 Å². The molecule has 0 bridgehead atoms. The third-order valence-corrected chi connectivity index (χ3v) is 5.75. The van der Waals surface area contributed by atoms with Crippen LogP contribution in [-0.2, 0) is 9.84 Å². The Kier molecular flexibility index (Phi) is 6.38. The first-order valence-electron chi connectivity index (χ1n) is 7.97. The SMILES string of the molecule is CN=C(NCCS(=O)(=O)c1ccccc1F)NC1CCCCC1. The van der Waals surface area contributed by atoms with E-state index in [4.69, 9.17) is 0 Å². The zero-order valence-corrected chi connectivity index (χ0v) is 14.2. The summed E-state index contributed by atoms with van der Waals surface area (Å²) < 4.78 is 38.0. The van der Waals surface area contributed by atoms with Crippen molar-refractivity contribution in [1.29, 1.82) is 0 Å². The maximum atomic E-state index is 13.6. The number of hydrogen-bond acceptors (Lipinski definition) is 3. The number of sulfone groups is 1. The quantitative estimate of drug-likeness (QED) is 0.636. The molecular weight excluding hydrogens is 317 g/mol. The van der Waals surface area contributed by atoms with Crippen LogP contribution in [0.4, 0.5) is 4.39 Å². The van der Waals surface area contributed by atoms with Crippen molar-refractivity contribution in [3.8, 4) is 0 Å². The van der Waals surface area contributed by atoms with Crippen molar-refractivity contribution in [1.82, 2.24) is 10.6 Å². The minimum atomic E-state index is -3.65. The Hall–Kier alpha value is -1.63. The molecule has 0 spiro atoms. The lowest BCUT2D eigenvalue weighted by atomic mass is 9.96. The largest absolute Gasteiger partial charge is 0.355 e. The summed E-state index contributed by atoms with van der Waals surface area (Å²) >= 11 is 0. The van der Waals surface area contributed by atoms with Crippen LogP contribution in [-0.4, -0.2) is 39.8 Å². The lowest BCUT2D eigenvalue weighted by Crippen LogP contribution is -2.45. The van der Waals surface area contributed by atoms with Gasteiger partial charge in [0.1, 0.15) is 10.7 Å². The van der Waals surface area contributed by atoms with Crippen molar-refractivity contribution in [3.63, 3.8) is 0 Å². The highest BCUT2D eigenvalue weighted by molar-refractivity contribution is 7.91. The van der Waals surface area contributed by atoms with Crippen molar-refractivity contribution in [2.45, 2.75) is 43.0 Å². The molecule has 0 unspecified atom stereocenters. The summed E-state index contributed by atoms with van der Waals surface area (Å²) in [5, 5.41) is 6.31. The molecule has 0 amide bonds. The van der Waals surface area contributed by atoms with Gasteiger partial charge in [-0.1, -0.05) is 31.4 Å². The molecular formula is C16H24FN3O2S. The van der Waals surface area contributed by atoms with Gasteiger partial charge in [0.25, 0.3) is 0 Å². The number of halogens is 1. The van der Waals surface area contributed by atoms with Gasteiger partial charge in [-0.05, 0) is 25.0 Å². The average molecular weight is 341 g/mol. The van der Waals surface area contributed by atoms with Crippen LogP contribution in [0.15, 0.2) is 34.2 Å². The van der Waals surface area contributed by atoms with E-state index in [9.17, 15) is 12.8 Å². The maximum Gasteiger partial charge on any atom is 0.191 e. The van der Waals surface area contributed by atoms with Gasteiger partial charge >= 0.3 is 0 Å². The molecule has 1 saturated carbocycles. The Balaban J connectivity index is 1.86. The number of aliphatic imine (C=N–C) groups is 1. The predicted octanol–water partition coefficient (Wildman–Crippen LogP) is 2.10. The first kappa shape index (κ1) is 17.7. The van der Waals surface area contributed by atoms with E-state index in [-0.39, 0.29) is 17.2 Å². The summed E-state index contributed by atoms with van der Waals surface area (Å²) in [6, 6.07) is 5.83. The molecule has 128 valence electrons. The minimum Gasteiger partial charge on any atom is -0.355 e. The van der Waals surface area contributed by atoms with Crippen LogP contribution in [0.3, 0.4) is 0 Å². The highest BCUT2D eigenvalue weighted by Gasteiger charge is 2.19. The molecule has 1 aromatic carbocycles. The third-order valence-electron chi connectivity index (χ3n) is 4.00. The summed E-state index contributed by atoms with van der Waals surface area (Å²) in [5.74, 6) is -0.294. The zero-order valence-electron chi connectivity index (χ0n) is 13.4. The molecule has 5 nitrogen and oxygen atoms in total. The Morgan fingerprint density at radius 1 is 1.26 bits per heavy atom. The summed E-state index contributed by atoms with van der Waals surface area (Å²) in [4.78, 5) is 3.86. The molecule has 1 aliphatic rings. The van der Waals surface area contributed by atoms with Gasteiger partial charge in [0.2, 0.25) is 0 Å². The molecule has 1 aliphatic carbocycles. The van der Waals surface area contributed by atoms with E-state index in [0.29, 0.717) is 12.0 Å². The Labute approximate surface area is 137 Å². The Morgan fingerprint density at radius 3 is 2.61 bits per heavy atom. The van der Waals surface area contributed by atoms with Crippen molar-refractivity contribution in [2.24, 2.45) is 4.99 Å². The normalized spacial score (nSPS) is 17.0. The smallest absolute Gasteiger partial charge is 0.191 e. The second kappa shape index (κ2) is 8.29. The second-order valence-electron chi connectivity index (χ2n) is 5.73. The second-order valence-corrected chi connectivity index (χ2v) is 7.81. The van der Waals surface area contributed by atoms with E-state index in [1.165, 1.54) is 37.5 Å². The molecule has 0 aromatic heterocycles. The molecule has 23 heavy (non-hydrogen) atoms. The minimum absolute atomic E-state index is 0.181. The average Bonchev–Trinajstić information content (AvgIpc) is 2.55. The fourth-order valence-electron chi connectivity index (χ4n) is 2.75. The topological polar surface area (TPSA) is 70.6 Å². The molecule has 0 radical (unpaired) electrons. The highest BCUT2D eigenvalue weighted by atomic mass is 32.2.